The lowest BCUT2D eigenvalue weighted by Gasteiger charge is -2.28. The summed E-state index contributed by atoms with van der Waals surface area (Å²) in [6.07, 6.45) is 1.02. The van der Waals surface area contributed by atoms with Crippen LogP contribution in [0.5, 0.6) is 0 Å². The molecule has 0 unspecified atom stereocenters. The fourth-order valence-electron chi connectivity index (χ4n) is 2.95. The number of fused-ring (bicyclic) bond motifs is 1. The van der Waals surface area contributed by atoms with Crippen molar-refractivity contribution in [2.45, 2.75) is 45.4 Å². The molecule has 0 atom stereocenters. The molecule has 0 spiro atoms. The third kappa shape index (κ3) is 3.67. The number of nitrogens with zero attached hydrogens (tertiary/aromatic N) is 2. The van der Waals surface area contributed by atoms with Crippen molar-refractivity contribution in [3.05, 3.63) is 62.8 Å². The summed E-state index contributed by atoms with van der Waals surface area (Å²) in [7, 11) is -3.37. The molecular weight excluding hydrogens is 338 g/mol. The molecule has 0 saturated heterocycles. The molecule has 2 aromatic rings. The first kappa shape index (κ1) is 17.8. The summed E-state index contributed by atoms with van der Waals surface area (Å²) in [5.74, 6) is 0.618. The molecule has 0 saturated carbocycles. The summed E-state index contributed by atoms with van der Waals surface area (Å²) >= 11 is 0. The van der Waals surface area contributed by atoms with E-state index in [-0.39, 0.29) is 12.1 Å². The topological polar surface area (TPSA) is 83.1 Å². The zero-order valence-corrected chi connectivity index (χ0v) is 15.6. The van der Waals surface area contributed by atoms with Gasteiger partial charge >= 0.3 is 0 Å². The number of sulfonamides is 1. The molecular formula is C18H23N3O3S. The highest BCUT2D eigenvalue weighted by Crippen LogP contribution is 2.20. The van der Waals surface area contributed by atoms with Crippen LogP contribution >= 0.6 is 0 Å². The van der Waals surface area contributed by atoms with Crippen molar-refractivity contribution in [1.29, 1.82) is 0 Å². The molecule has 1 aliphatic rings. The number of aromatic nitrogens is 2. The molecule has 7 heteroatoms. The second kappa shape index (κ2) is 6.72. The zero-order chi connectivity index (χ0) is 18.2. The van der Waals surface area contributed by atoms with E-state index in [0.717, 1.165) is 5.56 Å². The third-order valence-corrected chi connectivity index (χ3v) is 6.75. The van der Waals surface area contributed by atoms with Crippen LogP contribution in [0, 0.1) is 6.92 Å². The van der Waals surface area contributed by atoms with Gasteiger partial charge in [-0.15, -0.1) is 0 Å². The molecule has 6 nitrogen and oxygen atoms in total. The minimum Gasteiger partial charge on any atom is -0.310 e. The number of hydrogen-bond donors (Lipinski definition) is 1. The molecule has 1 aliphatic heterocycles. The molecule has 134 valence electrons. The largest absolute Gasteiger partial charge is 0.310 e. The highest BCUT2D eigenvalue weighted by Gasteiger charge is 2.31. The number of hydrogen-bond acceptors (Lipinski definition) is 4. The van der Waals surface area contributed by atoms with Crippen molar-refractivity contribution in [1.82, 2.24) is 14.3 Å². The van der Waals surface area contributed by atoms with Crippen molar-refractivity contribution in [2.75, 3.05) is 6.54 Å². The molecule has 2 heterocycles. The Kier molecular flexibility index (Phi) is 4.79. The molecule has 3 rings (SSSR count). The van der Waals surface area contributed by atoms with E-state index in [2.05, 4.69) is 9.97 Å². The van der Waals surface area contributed by atoms with Gasteiger partial charge in [-0.3, -0.25) is 4.79 Å². The van der Waals surface area contributed by atoms with E-state index in [1.54, 1.807) is 13.8 Å². The second-order valence-corrected chi connectivity index (χ2v) is 9.27. The second-order valence-electron chi connectivity index (χ2n) is 6.78. The highest BCUT2D eigenvalue weighted by molar-refractivity contribution is 7.89. The summed E-state index contributed by atoms with van der Waals surface area (Å²) in [6.45, 7) is 5.80. The smallest absolute Gasteiger partial charge is 0.255 e. The van der Waals surface area contributed by atoms with E-state index in [1.165, 1.54) is 9.87 Å². The SMILES string of the molecule is Cc1ccc(Cc2nc3c(c(=O)[nH]2)CN(S(=O)(=O)C(C)C)CC3)cc1. The zero-order valence-electron chi connectivity index (χ0n) is 14.7. The van der Waals surface area contributed by atoms with Gasteiger partial charge in [0, 0.05) is 25.9 Å². The Hall–Kier alpha value is -1.99. The predicted molar refractivity (Wildman–Crippen MR) is 97.0 cm³/mol. The summed E-state index contributed by atoms with van der Waals surface area (Å²) in [5, 5.41) is -0.498. The maximum absolute atomic E-state index is 12.5. The van der Waals surface area contributed by atoms with Gasteiger partial charge in [0.15, 0.2) is 0 Å². The van der Waals surface area contributed by atoms with Gasteiger partial charge in [0.25, 0.3) is 5.56 Å². The van der Waals surface area contributed by atoms with Crippen LogP contribution in [0.15, 0.2) is 29.1 Å². The Morgan fingerprint density at radius 1 is 1.24 bits per heavy atom. The first-order valence-corrected chi connectivity index (χ1v) is 9.93. The molecule has 0 bridgehead atoms. The van der Waals surface area contributed by atoms with Gasteiger partial charge in [0.2, 0.25) is 10.0 Å². The van der Waals surface area contributed by atoms with Gasteiger partial charge in [-0.1, -0.05) is 29.8 Å². The van der Waals surface area contributed by atoms with Crippen molar-refractivity contribution < 1.29 is 8.42 Å². The number of nitrogens with one attached hydrogen (secondary N) is 1. The van der Waals surface area contributed by atoms with Gasteiger partial charge in [-0.2, -0.15) is 4.31 Å². The first-order valence-electron chi connectivity index (χ1n) is 8.43. The molecule has 25 heavy (non-hydrogen) atoms. The van der Waals surface area contributed by atoms with Crippen molar-refractivity contribution >= 4 is 10.0 Å². The lowest BCUT2D eigenvalue weighted by atomic mass is 10.1. The van der Waals surface area contributed by atoms with Crippen LogP contribution in [0.3, 0.4) is 0 Å². The fourth-order valence-corrected chi connectivity index (χ4v) is 4.20. The van der Waals surface area contributed by atoms with Crippen LogP contribution in [0.2, 0.25) is 0 Å². The fraction of sp³-hybridized carbons (Fsp3) is 0.444. The van der Waals surface area contributed by atoms with Crippen molar-refractivity contribution in [3.8, 4) is 0 Å². The van der Waals surface area contributed by atoms with Gasteiger partial charge in [-0.05, 0) is 26.3 Å². The minimum absolute atomic E-state index is 0.100. The van der Waals surface area contributed by atoms with Crippen LogP contribution in [-0.2, 0) is 29.4 Å². The minimum atomic E-state index is -3.37. The van der Waals surface area contributed by atoms with Crippen LogP contribution < -0.4 is 5.56 Å². The maximum Gasteiger partial charge on any atom is 0.255 e. The Labute approximate surface area is 148 Å². The van der Waals surface area contributed by atoms with Crippen LogP contribution in [0.25, 0.3) is 0 Å². The van der Waals surface area contributed by atoms with E-state index in [1.807, 2.05) is 31.2 Å². The molecule has 0 aliphatic carbocycles. The summed E-state index contributed by atoms with van der Waals surface area (Å²) < 4.78 is 26.1. The Bertz CT molecular complexity index is 931. The highest BCUT2D eigenvalue weighted by atomic mass is 32.2. The van der Waals surface area contributed by atoms with Crippen molar-refractivity contribution in [2.24, 2.45) is 0 Å². The summed E-state index contributed by atoms with van der Waals surface area (Å²) in [5.41, 5.74) is 3.19. The van der Waals surface area contributed by atoms with Crippen LogP contribution in [0.4, 0.5) is 0 Å². The number of benzene rings is 1. The Balaban J connectivity index is 1.87. The quantitative estimate of drug-likeness (QED) is 0.899. The normalized spacial score (nSPS) is 15.4. The van der Waals surface area contributed by atoms with Crippen LogP contribution in [0.1, 0.15) is 42.1 Å². The molecule has 1 aromatic carbocycles. The van der Waals surface area contributed by atoms with E-state index in [9.17, 15) is 13.2 Å². The van der Waals surface area contributed by atoms with Crippen LogP contribution in [-0.4, -0.2) is 34.5 Å². The average molecular weight is 361 g/mol. The number of aromatic amines is 1. The van der Waals surface area contributed by atoms with E-state index in [4.69, 9.17) is 0 Å². The molecule has 0 radical (unpaired) electrons. The first-order chi connectivity index (χ1) is 11.8. The van der Waals surface area contributed by atoms with Gasteiger partial charge in [0.05, 0.1) is 16.5 Å². The summed E-state index contributed by atoms with van der Waals surface area (Å²) in [4.78, 5) is 19.8. The monoisotopic (exact) mass is 361 g/mol. The lowest BCUT2D eigenvalue weighted by Crippen LogP contribution is -2.42. The molecule has 1 N–H and O–H groups in total. The van der Waals surface area contributed by atoms with Gasteiger partial charge < -0.3 is 4.98 Å². The van der Waals surface area contributed by atoms with E-state index >= 15 is 0 Å². The molecule has 0 fully saturated rings. The number of rotatable bonds is 4. The molecule has 0 amide bonds. The van der Waals surface area contributed by atoms with Gasteiger partial charge in [0.1, 0.15) is 5.82 Å². The van der Waals surface area contributed by atoms with E-state index in [0.29, 0.717) is 36.5 Å². The Morgan fingerprint density at radius 2 is 1.92 bits per heavy atom. The standard InChI is InChI=1S/C18H23N3O3S/c1-12(2)25(23,24)21-9-8-16-15(11-21)18(22)20-17(19-16)10-14-6-4-13(3)5-7-14/h4-7,12H,8-11H2,1-3H3,(H,19,20,22). The average Bonchev–Trinajstić information content (AvgIpc) is 2.56. The van der Waals surface area contributed by atoms with Gasteiger partial charge in [-0.25, -0.2) is 13.4 Å². The Morgan fingerprint density at radius 3 is 2.56 bits per heavy atom. The predicted octanol–water partition coefficient (Wildman–Crippen LogP) is 1.77. The third-order valence-electron chi connectivity index (χ3n) is 4.53. The summed E-state index contributed by atoms with van der Waals surface area (Å²) in [6, 6.07) is 8.10. The molecule has 1 aromatic heterocycles. The van der Waals surface area contributed by atoms with E-state index < -0.39 is 15.3 Å². The lowest BCUT2D eigenvalue weighted by molar-refractivity contribution is 0.380. The number of aryl methyl sites for hydroxylation is 1. The van der Waals surface area contributed by atoms with Crippen molar-refractivity contribution in [3.63, 3.8) is 0 Å². The number of H-pyrrole nitrogens is 1. The maximum atomic E-state index is 12.5.